The van der Waals surface area contributed by atoms with Gasteiger partial charge < -0.3 is 73.4 Å². The van der Waals surface area contributed by atoms with E-state index in [2.05, 4.69) is 46.9 Å². The number of aliphatic carboxylic acids is 3. The molecule has 8 atom stereocenters. The third-order valence-corrected chi connectivity index (χ3v) is 21.0. The molecular formula is C83H116N16O19. The summed E-state index contributed by atoms with van der Waals surface area (Å²) in [7, 11) is 0. The van der Waals surface area contributed by atoms with Crippen molar-refractivity contribution in [1.29, 1.82) is 0 Å². The van der Waals surface area contributed by atoms with Gasteiger partial charge in [0.15, 0.2) is 23.1 Å². The van der Waals surface area contributed by atoms with Gasteiger partial charge in [-0.3, -0.25) is 96.4 Å². The summed E-state index contributed by atoms with van der Waals surface area (Å²) in [6.07, 6.45) is 4.63. The van der Waals surface area contributed by atoms with Crippen molar-refractivity contribution in [3.8, 4) is 0 Å². The first-order chi connectivity index (χ1) is 56.2. The number of amides is 8. The number of Topliss-reactive ketones (excluding diaryl/α,β-unsaturated/α-hetero) is 4. The topological polar surface area (TPSA) is 511 Å². The molecule has 642 valence electrons. The highest BCUT2D eigenvalue weighted by Crippen LogP contribution is 2.27. The molecule has 0 saturated carbocycles. The third kappa shape index (κ3) is 33.2. The maximum Gasteiger partial charge on any atom is 0.317 e. The second-order valence-corrected chi connectivity index (χ2v) is 31.5. The molecule has 5 aromatic rings. The van der Waals surface area contributed by atoms with E-state index in [1.54, 1.807) is 107 Å². The molecule has 35 nitrogen and oxygen atoms in total. The minimum Gasteiger partial charge on any atom is -0.480 e. The SMILES string of the molecule is CC(C)C[C@H](CC(=O)[C@H](Cc1cnc[nH]1)NC(=O)CCC(=O)[C@@H](NC(=O)[C@H](C)CC(=O)[C@H](Cc1c[nH]c2ccccc12)NC(=O)[C@H](CCC(N)=O)CC(=O)[C@@H](Cc1ccccc1)NC(=O)COCC(=O)Nc1ccc(CNC(=O)CN2CCN(CC(=O)O)CCN(CC(=O)O)CCN(CC(=O)O)CC2)cc1)C(C)C)CN1CCCC1C(N)=O. The number of aromatic nitrogens is 3. The number of carboxylic acids is 3. The number of nitrogens with two attached hydrogens (primary N) is 2. The molecule has 1 unspecified atom stereocenters. The summed E-state index contributed by atoms with van der Waals surface area (Å²) in [6.45, 7) is 9.74. The largest absolute Gasteiger partial charge is 0.480 e. The number of ketones is 4. The van der Waals surface area contributed by atoms with E-state index in [1.807, 2.05) is 36.9 Å². The van der Waals surface area contributed by atoms with Crippen LogP contribution in [0.1, 0.15) is 121 Å². The number of hydrogen-bond acceptors (Lipinski definition) is 22. The predicted octanol–water partition coefficient (Wildman–Crippen LogP) is 1.62. The van der Waals surface area contributed by atoms with E-state index in [1.165, 1.54) is 13.3 Å². The van der Waals surface area contributed by atoms with Crippen molar-refractivity contribution in [3.63, 3.8) is 0 Å². The molecule has 2 aliphatic rings. The van der Waals surface area contributed by atoms with E-state index in [0.717, 1.165) is 17.3 Å². The minimum atomic E-state index is -1.33. The van der Waals surface area contributed by atoms with E-state index < -0.39 is 151 Å². The first kappa shape index (κ1) is 94.2. The van der Waals surface area contributed by atoms with Crippen LogP contribution < -0.4 is 43.4 Å². The zero-order valence-electron chi connectivity index (χ0n) is 67.9. The number of nitrogens with zero attached hydrogens (tertiary/aromatic N) is 6. The number of fused-ring (bicyclic) bond motifs is 1. The third-order valence-electron chi connectivity index (χ3n) is 21.0. The number of ether oxygens (including phenoxy) is 1. The quantitative estimate of drug-likeness (QED) is 0.0263. The molecule has 118 heavy (non-hydrogen) atoms. The smallest absolute Gasteiger partial charge is 0.317 e. The number of benzene rings is 3. The zero-order chi connectivity index (χ0) is 86.0. The molecule has 8 amide bonds. The monoisotopic (exact) mass is 1640 g/mol. The summed E-state index contributed by atoms with van der Waals surface area (Å²) in [5, 5.41) is 46.0. The second kappa shape index (κ2) is 48.0. The average Bonchev–Trinajstić information content (AvgIpc) is 1.81. The molecule has 3 aromatic carbocycles. The Morgan fingerprint density at radius 2 is 1.12 bits per heavy atom. The van der Waals surface area contributed by atoms with Gasteiger partial charge >= 0.3 is 17.9 Å². The van der Waals surface area contributed by atoms with Gasteiger partial charge in [-0.2, -0.15) is 0 Å². The van der Waals surface area contributed by atoms with Crippen LogP contribution in [-0.2, 0) is 102 Å². The fourth-order valence-electron chi connectivity index (χ4n) is 14.8. The second-order valence-electron chi connectivity index (χ2n) is 31.5. The van der Waals surface area contributed by atoms with Crippen LogP contribution in [0.5, 0.6) is 0 Å². The van der Waals surface area contributed by atoms with Gasteiger partial charge in [0.05, 0.1) is 62.7 Å². The van der Waals surface area contributed by atoms with Crippen molar-refractivity contribution in [2.24, 2.45) is 41.1 Å². The van der Waals surface area contributed by atoms with E-state index in [4.69, 9.17) is 16.2 Å². The molecule has 0 aliphatic carbocycles. The van der Waals surface area contributed by atoms with Crippen molar-refractivity contribution in [2.75, 3.05) is 110 Å². The fourth-order valence-corrected chi connectivity index (χ4v) is 14.8. The van der Waals surface area contributed by atoms with E-state index in [-0.39, 0.29) is 160 Å². The average molecular weight is 1640 g/mol. The van der Waals surface area contributed by atoms with Crippen LogP contribution in [0.2, 0.25) is 0 Å². The van der Waals surface area contributed by atoms with Gasteiger partial charge in [0.1, 0.15) is 13.2 Å². The van der Waals surface area contributed by atoms with Gasteiger partial charge in [0, 0.05) is 163 Å². The highest BCUT2D eigenvalue weighted by Gasteiger charge is 2.37. The number of H-pyrrole nitrogens is 2. The van der Waals surface area contributed by atoms with E-state index in [9.17, 15) is 87.2 Å². The summed E-state index contributed by atoms with van der Waals surface area (Å²) >= 11 is 0. The molecular weight excluding hydrogens is 1530 g/mol. The molecule has 2 saturated heterocycles. The number of imidazole rings is 1. The summed E-state index contributed by atoms with van der Waals surface area (Å²) in [5.74, 6) is -13.0. The molecule has 0 spiro atoms. The molecule has 2 fully saturated rings. The van der Waals surface area contributed by atoms with Crippen molar-refractivity contribution < 1.29 is 92.0 Å². The standard InChI is InChI=1S/C83H116N16O19/c1-52(2)34-57(44-99-25-11-16-67(99)81(85)115)37-70(102)66(40-61-43-86-51-89-61)91-73(105)24-22-68(100)80(53(3)4)94-82(116)54(5)35-69(101)65(38-59-42-87-63-15-10-9-14-62(59)63)93-83(117)58(19-23-72(84)104)39-71(103)64(36-55-12-7-6-8-13-55)92-76(108)50-118-49-75(107)90-60-20-17-56(18-21-60)41-88-74(106)45-95-26-28-96(46-77(109)110)30-32-98(48-79(113)114)33-31-97(29-27-95)47-78(111)112/h6-10,12-15,17-18,20-21,42-43,51-54,57-58,64-67,80,87H,11,16,19,22-41,44-50H2,1-5H3,(H2,84,104)(H2,85,115)(H,86,89)(H,88,106)(H,90,107)(H,91,105)(H,92,108)(H,93,117)(H,94,116)(H,109,110)(H,111,112)(H,113,114)/t54-,57-,58-,64-,65+,66+,67?,80+/m1/s1. The van der Waals surface area contributed by atoms with Gasteiger partial charge in [0.25, 0.3) is 0 Å². The summed E-state index contributed by atoms with van der Waals surface area (Å²) in [4.78, 5) is 219. The normalized spacial score (nSPS) is 16.7. The maximum atomic E-state index is 14.8. The maximum absolute atomic E-state index is 14.8. The Hall–Kier alpha value is -11.0. The van der Waals surface area contributed by atoms with Crippen LogP contribution in [0.15, 0.2) is 97.6 Å². The van der Waals surface area contributed by atoms with Gasteiger partial charge in [0.2, 0.25) is 47.3 Å². The molecule has 2 aromatic heterocycles. The number of likely N-dealkylation sites (tertiary alicyclic amines) is 1. The van der Waals surface area contributed by atoms with Crippen LogP contribution in [0.25, 0.3) is 10.9 Å². The number of carbonyl (C=O) groups excluding carboxylic acids is 12. The van der Waals surface area contributed by atoms with Crippen molar-refractivity contribution in [2.45, 2.75) is 155 Å². The number of anilines is 1. The molecule has 7 rings (SSSR count). The zero-order valence-corrected chi connectivity index (χ0v) is 67.9. The summed E-state index contributed by atoms with van der Waals surface area (Å²) in [5.41, 5.74) is 14.9. The van der Waals surface area contributed by atoms with Gasteiger partial charge in [-0.25, -0.2) is 4.98 Å². The van der Waals surface area contributed by atoms with Crippen molar-refractivity contribution in [3.05, 3.63) is 120 Å². The number of para-hydroxylation sites is 1. The molecule has 35 heteroatoms. The van der Waals surface area contributed by atoms with Crippen LogP contribution in [0, 0.1) is 29.6 Å². The van der Waals surface area contributed by atoms with Crippen LogP contribution in [0.3, 0.4) is 0 Å². The van der Waals surface area contributed by atoms with Crippen LogP contribution >= 0.6 is 0 Å². The molecule has 0 radical (unpaired) electrons. The number of carbonyl (C=O) groups is 15. The summed E-state index contributed by atoms with van der Waals surface area (Å²) in [6, 6.07) is 17.3. The lowest BCUT2D eigenvalue weighted by Crippen LogP contribution is -2.49. The minimum absolute atomic E-state index is 0.0601. The van der Waals surface area contributed by atoms with Gasteiger partial charge in [-0.1, -0.05) is 95.3 Å². The number of hydrogen-bond donors (Lipinski definition) is 13. The summed E-state index contributed by atoms with van der Waals surface area (Å²) < 4.78 is 5.51. The number of nitrogens with one attached hydrogen (secondary N) is 8. The van der Waals surface area contributed by atoms with E-state index in [0.29, 0.717) is 54.0 Å². The van der Waals surface area contributed by atoms with Crippen molar-refractivity contribution in [1.82, 2.24) is 66.0 Å². The Morgan fingerprint density at radius 1 is 0.551 bits per heavy atom. The Labute approximate surface area is 686 Å². The molecule has 15 N–H and O–H groups in total. The molecule has 4 heterocycles. The lowest BCUT2D eigenvalue weighted by Gasteiger charge is -2.32. The lowest BCUT2D eigenvalue weighted by atomic mass is 9.89. The fraction of sp³-hybridized carbons (Fsp3) is 0.542. The number of primary amides is 2. The lowest BCUT2D eigenvalue weighted by molar-refractivity contribution is -0.140. The van der Waals surface area contributed by atoms with Crippen LogP contribution in [-0.4, -0.2) is 278 Å². The van der Waals surface area contributed by atoms with Crippen LogP contribution in [0.4, 0.5) is 5.69 Å². The van der Waals surface area contributed by atoms with Crippen molar-refractivity contribution >= 4 is 105 Å². The highest BCUT2D eigenvalue weighted by atomic mass is 16.5. The van der Waals surface area contributed by atoms with Gasteiger partial charge in [-0.05, 0) is 91.3 Å². The Kier molecular flexibility index (Phi) is 38.3. The highest BCUT2D eigenvalue weighted by molar-refractivity contribution is 5.98. The number of aromatic amines is 2. The Bertz CT molecular complexity index is 4180. The first-order valence-electron chi connectivity index (χ1n) is 40.2. The molecule has 0 bridgehead atoms. The Morgan fingerprint density at radius 3 is 1.70 bits per heavy atom. The first-order valence-corrected chi connectivity index (χ1v) is 40.2. The van der Waals surface area contributed by atoms with E-state index >= 15 is 0 Å². The Balaban J connectivity index is 0.940. The van der Waals surface area contributed by atoms with Gasteiger partial charge in [-0.15, -0.1) is 0 Å². The predicted molar refractivity (Wildman–Crippen MR) is 434 cm³/mol. The number of carboxylic acid groups (broad SMARTS) is 3. The number of rotatable bonds is 49. The molecule has 2 aliphatic heterocycles.